The number of aryl methyl sites for hydroxylation is 2. The van der Waals surface area contributed by atoms with Crippen LogP contribution in [0.25, 0.3) is 0 Å². The van der Waals surface area contributed by atoms with E-state index in [-0.39, 0.29) is 18.2 Å². The summed E-state index contributed by atoms with van der Waals surface area (Å²) in [5.74, 6) is -0.624. The summed E-state index contributed by atoms with van der Waals surface area (Å²) in [6.07, 6.45) is 1.54. The molecule has 0 radical (unpaired) electrons. The normalized spacial score (nSPS) is 10.2. The van der Waals surface area contributed by atoms with Crippen LogP contribution in [0.3, 0.4) is 0 Å². The summed E-state index contributed by atoms with van der Waals surface area (Å²) in [5, 5.41) is 6.03. The maximum atomic E-state index is 11.9. The van der Waals surface area contributed by atoms with Crippen molar-refractivity contribution in [2.24, 2.45) is 0 Å². The van der Waals surface area contributed by atoms with Crippen LogP contribution in [-0.2, 0) is 16.0 Å². The predicted molar refractivity (Wildman–Crippen MR) is 97.2 cm³/mol. The van der Waals surface area contributed by atoms with Crippen LogP contribution in [0.15, 0.2) is 48.5 Å². The highest BCUT2D eigenvalue weighted by Crippen LogP contribution is 2.20. The largest absolute Gasteiger partial charge is 0.356 e. The van der Waals surface area contributed by atoms with E-state index in [0.717, 1.165) is 18.4 Å². The van der Waals surface area contributed by atoms with Gasteiger partial charge in [0, 0.05) is 17.3 Å². The Balaban J connectivity index is 1.70. The number of rotatable bonds is 7. The van der Waals surface area contributed by atoms with Gasteiger partial charge in [0.25, 0.3) is 0 Å². The molecule has 4 nitrogen and oxygen atoms in total. The van der Waals surface area contributed by atoms with Crippen molar-refractivity contribution in [2.45, 2.75) is 26.2 Å². The molecule has 5 heteroatoms. The average Bonchev–Trinajstić information content (AvgIpc) is 2.56. The van der Waals surface area contributed by atoms with E-state index in [1.807, 2.05) is 31.2 Å². The minimum Gasteiger partial charge on any atom is -0.356 e. The van der Waals surface area contributed by atoms with E-state index < -0.39 is 0 Å². The molecule has 0 unspecified atom stereocenters. The molecule has 2 N–H and O–H groups in total. The first-order valence-corrected chi connectivity index (χ1v) is 8.29. The molecule has 2 rings (SSSR count). The van der Waals surface area contributed by atoms with Crippen molar-refractivity contribution in [1.82, 2.24) is 5.32 Å². The Kier molecular flexibility index (Phi) is 6.82. The van der Waals surface area contributed by atoms with E-state index in [4.69, 9.17) is 11.6 Å². The lowest BCUT2D eigenvalue weighted by Gasteiger charge is -2.09. The lowest BCUT2D eigenvalue weighted by Crippen LogP contribution is -2.29. The van der Waals surface area contributed by atoms with Gasteiger partial charge in [0.15, 0.2) is 0 Å². The second-order valence-electron chi connectivity index (χ2n) is 5.62. The number of carbonyl (C=O) groups excluding carboxylic acids is 2. The summed E-state index contributed by atoms with van der Waals surface area (Å²) in [6.45, 7) is 2.42. The molecule has 0 heterocycles. The minimum absolute atomic E-state index is 0.197. The number of benzene rings is 2. The van der Waals surface area contributed by atoms with Crippen molar-refractivity contribution < 1.29 is 9.59 Å². The van der Waals surface area contributed by atoms with Crippen LogP contribution in [0.2, 0.25) is 5.02 Å². The molecule has 0 fully saturated rings. The summed E-state index contributed by atoms with van der Waals surface area (Å²) in [6, 6.07) is 15.3. The number of hydrogen-bond acceptors (Lipinski definition) is 2. The summed E-state index contributed by atoms with van der Waals surface area (Å²) < 4.78 is 0. The van der Waals surface area contributed by atoms with Gasteiger partial charge in [-0.05, 0) is 43.0 Å². The van der Waals surface area contributed by atoms with Gasteiger partial charge in [-0.25, -0.2) is 0 Å². The lowest BCUT2D eigenvalue weighted by atomic mass is 10.1. The molecular formula is C19H21ClN2O2. The standard InChI is InChI=1S/C19H21ClN2O2/c1-14-9-10-16(20)12-17(14)22-19(24)13-18(23)21-11-5-8-15-6-3-2-4-7-15/h2-4,6-7,9-10,12H,5,8,11,13H2,1H3,(H,21,23)(H,22,24). The molecule has 0 aliphatic carbocycles. The quantitative estimate of drug-likeness (QED) is 0.594. The summed E-state index contributed by atoms with van der Waals surface area (Å²) in [7, 11) is 0. The Bertz CT molecular complexity index is 702. The minimum atomic E-state index is -0.346. The number of nitrogens with one attached hydrogen (secondary N) is 2. The Morgan fingerprint density at radius 3 is 2.54 bits per heavy atom. The van der Waals surface area contributed by atoms with E-state index >= 15 is 0 Å². The predicted octanol–water partition coefficient (Wildman–Crippen LogP) is 3.73. The number of anilines is 1. The van der Waals surface area contributed by atoms with Gasteiger partial charge in [0.1, 0.15) is 6.42 Å². The number of hydrogen-bond donors (Lipinski definition) is 2. The SMILES string of the molecule is Cc1ccc(Cl)cc1NC(=O)CC(=O)NCCCc1ccccc1. The monoisotopic (exact) mass is 344 g/mol. The Hall–Kier alpha value is -2.33. The molecule has 2 aromatic carbocycles. The third-order valence-electron chi connectivity index (χ3n) is 3.60. The topological polar surface area (TPSA) is 58.2 Å². The molecule has 24 heavy (non-hydrogen) atoms. The number of halogens is 1. The van der Waals surface area contributed by atoms with Gasteiger partial charge in [-0.15, -0.1) is 0 Å². The fourth-order valence-electron chi connectivity index (χ4n) is 2.30. The molecule has 0 saturated heterocycles. The first-order chi connectivity index (χ1) is 11.5. The molecule has 0 bridgehead atoms. The Morgan fingerprint density at radius 2 is 1.79 bits per heavy atom. The molecule has 0 aromatic heterocycles. The molecule has 0 spiro atoms. The van der Waals surface area contributed by atoms with Gasteiger partial charge < -0.3 is 10.6 Å². The zero-order chi connectivity index (χ0) is 17.4. The van der Waals surface area contributed by atoms with Crippen LogP contribution in [-0.4, -0.2) is 18.4 Å². The fourth-order valence-corrected chi connectivity index (χ4v) is 2.47. The Labute approximate surface area is 147 Å². The molecule has 2 aromatic rings. The van der Waals surface area contributed by atoms with E-state index in [1.165, 1.54) is 5.56 Å². The van der Waals surface area contributed by atoms with Crippen molar-refractivity contribution in [3.63, 3.8) is 0 Å². The van der Waals surface area contributed by atoms with Crippen molar-refractivity contribution in [1.29, 1.82) is 0 Å². The highest BCUT2D eigenvalue weighted by Gasteiger charge is 2.10. The van der Waals surface area contributed by atoms with Crippen LogP contribution < -0.4 is 10.6 Å². The first kappa shape index (κ1) is 18.0. The van der Waals surface area contributed by atoms with Gasteiger partial charge >= 0.3 is 0 Å². The second-order valence-corrected chi connectivity index (χ2v) is 6.06. The summed E-state index contributed by atoms with van der Waals surface area (Å²) in [4.78, 5) is 23.7. The molecule has 0 aliphatic heterocycles. The third kappa shape index (κ3) is 6.05. The lowest BCUT2D eigenvalue weighted by molar-refractivity contribution is -0.126. The zero-order valence-corrected chi connectivity index (χ0v) is 14.4. The van der Waals surface area contributed by atoms with Crippen LogP contribution >= 0.6 is 11.6 Å². The van der Waals surface area contributed by atoms with Crippen molar-refractivity contribution >= 4 is 29.1 Å². The smallest absolute Gasteiger partial charge is 0.233 e. The van der Waals surface area contributed by atoms with E-state index in [1.54, 1.807) is 12.1 Å². The summed E-state index contributed by atoms with van der Waals surface area (Å²) >= 11 is 5.91. The maximum absolute atomic E-state index is 11.9. The van der Waals surface area contributed by atoms with Gasteiger partial charge in [-0.3, -0.25) is 9.59 Å². The Morgan fingerprint density at radius 1 is 1.04 bits per heavy atom. The molecule has 0 aliphatic rings. The van der Waals surface area contributed by atoms with Crippen LogP contribution in [0.1, 0.15) is 24.0 Å². The highest BCUT2D eigenvalue weighted by atomic mass is 35.5. The van der Waals surface area contributed by atoms with E-state index in [2.05, 4.69) is 22.8 Å². The molecule has 0 atom stereocenters. The van der Waals surface area contributed by atoms with Gasteiger partial charge in [-0.2, -0.15) is 0 Å². The number of amides is 2. The highest BCUT2D eigenvalue weighted by molar-refractivity contribution is 6.31. The van der Waals surface area contributed by atoms with Gasteiger partial charge in [0.2, 0.25) is 11.8 Å². The fraction of sp³-hybridized carbons (Fsp3) is 0.263. The van der Waals surface area contributed by atoms with Crippen molar-refractivity contribution in [2.75, 3.05) is 11.9 Å². The van der Waals surface area contributed by atoms with Crippen molar-refractivity contribution in [3.8, 4) is 0 Å². The third-order valence-corrected chi connectivity index (χ3v) is 3.84. The summed E-state index contributed by atoms with van der Waals surface area (Å²) in [5.41, 5.74) is 2.77. The maximum Gasteiger partial charge on any atom is 0.233 e. The number of carbonyl (C=O) groups is 2. The average molecular weight is 345 g/mol. The van der Waals surface area contributed by atoms with E-state index in [0.29, 0.717) is 17.3 Å². The molecule has 126 valence electrons. The first-order valence-electron chi connectivity index (χ1n) is 7.91. The molecule has 2 amide bonds. The van der Waals surface area contributed by atoms with Gasteiger partial charge in [-0.1, -0.05) is 48.0 Å². The second kappa shape index (κ2) is 9.08. The van der Waals surface area contributed by atoms with Crippen molar-refractivity contribution in [3.05, 3.63) is 64.7 Å². The van der Waals surface area contributed by atoms with Crippen LogP contribution in [0.5, 0.6) is 0 Å². The van der Waals surface area contributed by atoms with Gasteiger partial charge in [0.05, 0.1) is 0 Å². The van der Waals surface area contributed by atoms with E-state index in [9.17, 15) is 9.59 Å². The molecular weight excluding hydrogens is 324 g/mol. The zero-order valence-electron chi connectivity index (χ0n) is 13.6. The van der Waals surface area contributed by atoms with Crippen LogP contribution in [0, 0.1) is 6.92 Å². The van der Waals surface area contributed by atoms with Crippen LogP contribution in [0.4, 0.5) is 5.69 Å². The molecule has 0 saturated carbocycles.